The monoisotopic (exact) mass is 361 g/mol. The lowest BCUT2D eigenvalue weighted by atomic mass is 9.98. The van der Waals surface area contributed by atoms with Crippen LogP contribution in [0.25, 0.3) is 16.5 Å². The second-order valence-electron chi connectivity index (χ2n) is 6.73. The molecule has 2 heterocycles. The molecule has 4 rings (SSSR count). The van der Waals surface area contributed by atoms with Crippen LogP contribution in [0.3, 0.4) is 0 Å². The third-order valence-corrected chi connectivity index (χ3v) is 5.09. The normalized spacial score (nSPS) is 14.3. The van der Waals surface area contributed by atoms with Gasteiger partial charge in [0.05, 0.1) is 4.92 Å². The molecular weight excluding hydrogens is 342 g/mol. The summed E-state index contributed by atoms with van der Waals surface area (Å²) in [5.41, 5.74) is 5.25. The number of nitrogens with one attached hydrogen (secondary N) is 1. The summed E-state index contributed by atoms with van der Waals surface area (Å²) in [7, 11) is 0. The molecule has 6 nitrogen and oxygen atoms in total. The van der Waals surface area contributed by atoms with Gasteiger partial charge in [-0.2, -0.15) is 0 Å². The number of carbonyl (C=O) groups excluding carboxylic acids is 1. The van der Waals surface area contributed by atoms with Crippen molar-refractivity contribution in [3.8, 4) is 0 Å². The van der Waals surface area contributed by atoms with E-state index in [-0.39, 0.29) is 11.6 Å². The Morgan fingerprint density at radius 3 is 2.63 bits per heavy atom. The highest BCUT2D eigenvalue weighted by Gasteiger charge is 2.21. The second kappa shape index (κ2) is 6.72. The van der Waals surface area contributed by atoms with Crippen LogP contribution in [0.5, 0.6) is 0 Å². The number of carbonyl (C=O) groups is 1. The van der Waals surface area contributed by atoms with Gasteiger partial charge >= 0.3 is 0 Å². The first-order valence-corrected chi connectivity index (χ1v) is 8.84. The Hall–Kier alpha value is -3.41. The van der Waals surface area contributed by atoms with Crippen LogP contribution < -0.4 is 0 Å². The standard InChI is InChI=1S/C21H19N3O3/c1-14-3-2-4-18-19(13-22-20(14)18)15-9-11-23(12-10-15)21(25)16-5-7-17(8-6-16)24(26)27/h2-9,13,22H,10-12H2,1H3. The van der Waals surface area contributed by atoms with E-state index in [1.807, 2.05) is 6.20 Å². The minimum Gasteiger partial charge on any atom is -0.360 e. The van der Waals surface area contributed by atoms with Crippen molar-refractivity contribution in [1.82, 2.24) is 9.88 Å². The number of aryl methyl sites for hydroxylation is 1. The average Bonchev–Trinajstić information content (AvgIpc) is 3.13. The first kappa shape index (κ1) is 17.0. The van der Waals surface area contributed by atoms with E-state index in [1.165, 1.54) is 46.4 Å². The summed E-state index contributed by atoms with van der Waals surface area (Å²) in [6, 6.07) is 12.0. The van der Waals surface area contributed by atoms with Crippen LogP contribution in [0.1, 0.15) is 27.9 Å². The lowest BCUT2D eigenvalue weighted by Crippen LogP contribution is -2.34. The molecule has 1 aliphatic heterocycles. The van der Waals surface area contributed by atoms with Crippen molar-refractivity contribution in [2.75, 3.05) is 13.1 Å². The fraction of sp³-hybridized carbons (Fsp3) is 0.190. The fourth-order valence-electron chi connectivity index (χ4n) is 3.58. The number of fused-ring (bicyclic) bond motifs is 1. The Bertz CT molecular complexity index is 1060. The van der Waals surface area contributed by atoms with Gasteiger partial charge in [0, 0.05) is 53.4 Å². The molecule has 1 aliphatic rings. The van der Waals surface area contributed by atoms with Gasteiger partial charge in [-0.1, -0.05) is 24.3 Å². The second-order valence-corrected chi connectivity index (χ2v) is 6.73. The van der Waals surface area contributed by atoms with Crippen molar-refractivity contribution >= 4 is 28.1 Å². The van der Waals surface area contributed by atoms with Gasteiger partial charge in [0.15, 0.2) is 0 Å². The molecule has 0 atom stereocenters. The number of hydrogen-bond acceptors (Lipinski definition) is 3. The van der Waals surface area contributed by atoms with Gasteiger partial charge in [0.2, 0.25) is 0 Å². The van der Waals surface area contributed by atoms with E-state index in [0.717, 1.165) is 11.9 Å². The Morgan fingerprint density at radius 2 is 1.96 bits per heavy atom. The topological polar surface area (TPSA) is 79.2 Å². The number of para-hydroxylation sites is 1. The molecule has 1 amide bonds. The van der Waals surface area contributed by atoms with Crippen LogP contribution in [-0.4, -0.2) is 33.8 Å². The highest BCUT2D eigenvalue weighted by atomic mass is 16.6. The van der Waals surface area contributed by atoms with E-state index in [9.17, 15) is 14.9 Å². The molecule has 136 valence electrons. The Kier molecular flexibility index (Phi) is 4.24. The van der Waals surface area contributed by atoms with Gasteiger partial charge in [-0.15, -0.1) is 0 Å². The number of non-ortho nitro benzene ring substituents is 1. The molecule has 0 bridgehead atoms. The SMILES string of the molecule is Cc1cccc2c(C3=CCN(C(=O)c4ccc([N+](=O)[O-])cc4)CC3)c[nH]c12. The molecule has 0 unspecified atom stereocenters. The average molecular weight is 361 g/mol. The molecule has 0 spiro atoms. The number of nitrogens with zero attached hydrogens (tertiary/aromatic N) is 2. The molecule has 0 fully saturated rings. The molecular formula is C21H19N3O3. The zero-order chi connectivity index (χ0) is 19.0. The van der Waals surface area contributed by atoms with Crippen LogP contribution in [0.4, 0.5) is 5.69 Å². The Labute approximate surface area is 156 Å². The molecule has 27 heavy (non-hydrogen) atoms. The van der Waals surface area contributed by atoms with Crippen molar-refractivity contribution in [3.63, 3.8) is 0 Å². The van der Waals surface area contributed by atoms with Gasteiger partial charge in [0.25, 0.3) is 11.6 Å². The predicted octanol–water partition coefficient (Wildman–Crippen LogP) is 4.31. The molecule has 0 radical (unpaired) electrons. The quantitative estimate of drug-likeness (QED) is 0.557. The zero-order valence-corrected chi connectivity index (χ0v) is 14.9. The number of nitro groups is 1. The first-order valence-electron chi connectivity index (χ1n) is 8.84. The molecule has 0 saturated heterocycles. The van der Waals surface area contributed by atoms with Gasteiger partial charge in [-0.3, -0.25) is 14.9 Å². The van der Waals surface area contributed by atoms with Crippen molar-refractivity contribution in [2.24, 2.45) is 0 Å². The maximum atomic E-state index is 12.7. The Balaban J connectivity index is 1.53. The molecule has 0 aliphatic carbocycles. The highest BCUT2D eigenvalue weighted by molar-refractivity contribution is 5.97. The van der Waals surface area contributed by atoms with E-state index in [1.54, 1.807) is 4.90 Å². The van der Waals surface area contributed by atoms with Crippen molar-refractivity contribution in [2.45, 2.75) is 13.3 Å². The van der Waals surface area contributed by atoms with Crippen LogP contribution >= 0.6 is 0 Å². The summed E-state index contributed by atoms with van der Waals surface area (Å²) in [6.45, 7) is 3.24. The third-order valence-electron chi connectivity index (χ3n) is 5.09. The van der Waals surface area contributed by atoms with Crippen molar-refractivity contribution in [1.29, 1.82) is 0 Å². The smallest absolute Gasteiger partial charge is 0.269 e. The lowest BCUT2D eigenvalue weighted by Gasteiger charge is -2.26. The van der Waals surface area contributed by atoms with E-state index < -0.39 is 4.92 Å². The number of aromatic nitrogens is 1. The van der Waals surface area contributed by atoms with E-state index in [0.29, 0.717) is 18.7 Å². The zero-order valence-electron chi connectivity index (χ0n) is 14.9. The summed E-state index contributed by atoms with van der Waals surface area (Å²) in [4.78, 5) is 28.1. The first-order chi connectivity index (χ1) is 13.0. The number of amides is 1. The number of H-pyrrole nitrogens is 1. The summed E-state index contributed by atoms with van der Waals surface area (Å²) in [5, 5.41) is 12.0. The molecule has 6 heteroatoms. The molecule has 3 aromatic rings. The van der Waals surface area contributed by atoms with Gasteiger partial charge in [-0.05, 0) is 36.6 Å². The summed E-state index contributed by atoms with van der Waals surface area (Å²) in [6.07, 6.45) is 4.91. The van der Waals surface area contributed by atoms with Crippen LogP contribution in [-0.2, 0) is 0 Å². The largest absolute Gasteiger partial charge is 0.360 e. The number of aromatic amines is 1. The van der Waals surface area contributed by atoms with Crippen molar-refractivity contribution < 1.29 is 9.72 Å². The van der Waals surface area contributed by atoms with E-state index >= 15 is 0 Å². The van der Waals surface area contributed by atoms with Crippen LogP contribution in [0.15, 0.2) is 54.7 Å². The predicted molar refractivity (Wildman–Crippen MR) is 105 cm³/mol. The highest BCUT2D eigenvalue weighted by Crippen LogP contribution is 2.30. The minimum absolute atomic E-state index is 0.0120. The van der Waals surface area contributed by atoms with Crippen LogP contribution in [0, 0.1) is 17.0 Å². The number of nitro benzene ring substituents is 1. The lowest BCUT2D eigenvalue weighted by molar-refractivity contribution is -0.384. The van der Waals surface area contributed by atoms with E-state index in [2.05, 4.69) is 36.2 Å². The van der Waals surface area contributed by atoms with Gasteiger partial charge < -0.3 is 9.88 Å². The van der Waals surface area contributed by atoms with Gasteiger partial charge in [-0.25, -0.2) is 0 Å². The van der Waals surface area contributed by atoms with Crippen LogP contribution in [0.2, 0.25) is 0 Å². The fourth-order valence-corrected chi connectivity index (χ4v) is 3.58. The number of hydrogen-bond donors (Lipinski definition) is 1. The maximum Gasteiger partial charge on any atom is 0.269 e. The van der Waals surface area contributed by atoms with Gasteiger partial charge in [0.1, 0.15) is 0 Å². The molecule has 1 N–H and O–H groups in total. The minimum atomic E-state index is -0.465. The van der Waals surface area contributed by atoms with Crippen molar-refractivity contribution in [3.05, 3.63) is 81.5 Å². The summed E-state index contributed by atoms with van der Waals surface area (Å²) < 4.78 is 0. The third kappa shape index (κ3) is 3.10. The maximum absolute atomic E-state index is 12.7. The molecule has 1 aromatic heterocycles. The summed E-state index contributed by atoms with van der Waals surface area (Å²) in [5.74, 6) is -0.102. The summed E-state index contributed by atoms with van der Waals surface area (Å²) >= 11 is 0. The molecule has 0 saturated carbocycles. The number of benzene rings is 2. The molecule has 2 aromatic carbocycles. The number of rotatable bonds is 3. The Morgan fingerprint density at radius 1 is 1.19 bits per heavy atom. The van der Waals surface area contributed by atoms with E-state index in [4.69, 9.17) is 0 Å².